The van der Waals surface area contributed by atoms with Crippen molar-refractivity contribution in [2.45, 2.75) is 128 Å². The summed E-state index contributed by atoms with van der Waals surface area (Å²) in [7, 11) is -1.98. The van der Waals surface area contributed by atoms with Crippen LogP contribution in [-0.4, -0.2) is 92.3 Å². The number of benzene rings is 1. The molecule has 1 rings (SSSR count). The first kappa shape index (κ1) is 45.7. The molecule has 1 aromatic carbocycles. The van der Waals surface area contributed by atoms with Gasteiger partial charge in [0.15, 0.2) is 0 Å². The molecule has 0 fully saturated rings. The molecule has 0 aliphatic rings. The van der Waals surface area contributed by atoms with E-state index >= 15 is 4.11 Å². The third-order valence-corrected chi connectivity index (χ3v) is 14.2. The van der Waals surface area contributed by atoms with Gasteiger partial charge in [-0.2, -0.15) is 0 Å². The quantitative estimate of drug-likeness (QED) is 0.0234. The second-order valence-corrected chi connectivity index (χ2v) is 19.8. The first-order valence-electron chi connectivity index (χ1n) is 17.5. The van der Waals surface area contributed by atoms with E-state index < -0.39 is 66.9 Å². The van der Waals surface area contributed by atoms with Gasteiger partial charge < -0.3 is 35.6 Å². The molecule has 3 atom stereocenters. The zero-order valence-electron chi connectivity index (χ0n) is 31.4. The number of halogens is 1. The molecule has 0 spiro atoms. The van der Waals surface area contributed by atoms with Gasteiger partial charge in [-0.15, -0.1) is 0 Å². The van der Waals surface area contributed by atoms with E-state index in [4.69, 9.17) is 10.6 Å². The van der Waals surface area contributed by atoms with E-state index in [2.05, 4.69) is 31.3 Å². The number of carboxylic acids is 2. The minimum absolute atomic E-state index is 0.00216. The molecule has 1 aromatic rings. The maximum atomic E-state index is 16.6. The molecule has 0 aromatic heterocycles. The summed E-state index contributed by atoms with van der Waals surface area (Å²) in [6, 6.07) is 2.79. The van der Waals surface area contributed by atoms with Crippen molar-refractivity contribution in [1.82, 2.24) is 21.3 Å². The van der Waals surface area contributed by atoms with Crippen LogP contribution < -0.4 is 26.5 Å². The predicted octanol–water partition coefficient (Wildman–Crippen LogP) is 4.26. The molecule has 0 saturated heterocycles. The van der Waals surface area contributed by atoms with Crippen LogP contribution in [0.4, 0.5) is 4.11 Å². The minimum Gasteiger partial charge on any atom is -0.480 e. The topological polar surface area (TPSA) is 240 Å². The minimum atomic E-state index is -3.54. The summed E-state index contributed by atoms with van der Waals surface area (Å²) in [6.07, 6.45) is 2.51. The number of carbonyl (C=O) groups is 6. The standard InChI is InChI=1S/C35H56FN7O8Si/c1-34(2,3)52(36,35(4,5)6)25-18-15-23(16-19-25)30(46)40-22-28(42-43-37)31(47)41-27(33(50)51)14-10-11-21-39-29(45)20-17-24(44)12-8-9-13-26(38-7)32(48)49/h15-16,18-19,26-28,38H,8-14,17,20-22H2,1-7H3,(H,39,45)(H,40,46)(H,41,47)(H,48,49)(H,50,51)/t26-,27-,28+/m1/s1. The van der Waals surface area contributed by atoms with Crippen LogP contribution in [0.1, 0.15) is 110 Å². The van der Waals surface area contributed by atoms with Crippen LogP contribution in [0.25, 0.3) is 10.4 Å². The van der Waals surface area contributed by atoms with Gasteiger partial charge in [0.1, 0.15) is 23.9 Å². The summed E-state index contributed by atoms with van der Waals surface area (Å²) in [5.41, 5.74) is 9.21. The van der Waals surface area contributed by atoms with Gasteiger partial charge in [0, 0.05) is 42.8 Å². The first-order valence-corrected chi connectivity index (χ1v) is 19.4. The number of Topliss-reactive ketones (excluding diaryl/α,β-unsaturated/α-hetero) is 1. The lowest BCUT2D eigenvalue weighted by Crippen LogP contribution is -2.57. The van der Waals surface area contributed by atoms with Crippen LogP contribution >= 0.6 is 0 Å². The Bertz CT molecular complexity index is 1430. The highest BCUT2D eigenvalue weighted by Crippen LogP contribution is 2.51. The Morgan fingerprint density at radius 1 is 0.827 bits per heavy atom. The van der Waals surface area contributed by atoms with Crippen molar-refractivity contribution in [3.8, 4) is 0 Å². The van der Waals surface area contributed by atoms with Crippen LogP contribution in [0.3, 0.4) is 0 Å². The fraction of sp³-hybridized carbons (Fsp3) is 0.657. The number of hydrogen-bond donors (Lipinski definition) is 6. The largest absolute Gasteiger partial charge is 0.480 e. The van der Waals surface area contributed by atoms with Crippen LogP contribution in [0.2, 0.25) is 10.1 Å². The number of hydrogen-bond acceptors (Lipinski definition) is 8. The van der Waals surface area contributed by atoms with E-state index in [9.17, 15) is 33.9 Å². The normalized spacial score (nSPS) is 13.5. The maximum absolute atomic E-state index is 16.6. The Morgan fingerprint density at radius 3 is 1.90 bits per heavy atom. The van der Waals surface area contributed by atoms with Gasteiger partial charge in [-0.25, -0.2) is 4.79 Å². The average Bonchev–Trinajstić information content (AvgIpc) is 3.06. The molecule has 290 valence electrons. The number of aliphatic carboxylic acids is 2. The Kier molecular flexibility index (Phi) is 18.7. The predicted molar refractivity (Wildman–Crippen MR) is 197 cm³/mol. The molecule has 3 amide bonds. The zero-order valence-corrected chi connectivity index (χ0v) is 32.4. The molecular formula is C35H56FN7O8Si. The lowest BCUT2D eigenvalue weighted by Gasteiger charge is -2.44. The van der Waals surface area contributed by atoms with Gasteiger partial charge in [-0.3, -0.25) is 24.0 Å². The number of rotatable bonds is 23. The molecule has 0 aliphatic heterocycles. The smallest absolute Gasteiger partial charge is 0.326 e. The van der Waals surface area contributed by atoms with E-state index in [1.807, 2.05) is 41.5 Å². The van der Waals surface area contributed by atoms with Crippen molar-refractivity contribution >= 4 is 49.0 Å². The molecular weight excluding hydrogens is 694 g/mol. The Morgan fingerprint density at radius 2 is 1.38 bits per heavy atom. The Hall–Kier alpha value is -4.34. The van der Waals surface area contributed by atoms with Crippen LogP contribution in [-0.2, 0) is 24.0 Å². The highest BCUT2D eigenvalue weighted by Gasteiger charge is 2.56. The summed E-state index contributed by atoms with van der Waals surface area (Å²) in [4.78, 5) is 75.4. The summed E-state index contributed by atoms with van der Waals surface area (Å²) in [5.74, 6) is -4.18. The molecule has 15 nitrogen and oxygen atoms in total. The SMILES string of the molecule is CN[C@H](CCCCC(=O)CCC(=O)NCCCC[C@@H](NC(=O)[C@H](CNC(=O)c1ccc([Si](F)(C(C)(C)C)C(C)(C)C)cc1)N=[N+]=[N-])C(=O)O)C(=O)O. The van der Waals surface area contributed by atoms with Gasteiger partial charge in [0.05, 0.1) is 0 Å². The highest BCUT2D eigenvalue weighted by molar-refractivity contribution is 6.90. The molecule has 0 saturated carbocycles. The first-order chi connectivity index (χ1) is 24.2. The molecule has 52 heavy (non-hydrogen) atoms. The fourth-order valence-electron chi connectivity index (χ4n) is 6.14. The monoisotopic (exact) mass is 749 g/mol. The summed E-state index contributed by atoms with van der Waals surface area (Å²) in [6.45, 7) is 11.0. The Labute approximate surface area is 306 Å². The van der Waals surface area contributed by atoms with E-state index in [-0.39, 0.29) is 49.5 Å². The lowest BCUT2D eigenvalue weighted by atomic mass is 10.0. The zero-order chi connectivity index (χ0) is 39.7. The molecule has 0 heterocycles. The number of ketones is 1. The number of carbonyl (C=O) groups excluding carboxylic acids is 4. The number of likely N-dealkylation sites (N-methyl/N-ethyl adjacent to an activating group) is 1. The molecule has 6 N–H and O–H groups in total. The molecule has 17 heteroatoms. The van der Waals surface area contributed by atoms with Gasteiger partial charge >= 0.3 is 11.9 Å². The fourth-order valence-corrected chi connectivity index (χ4v) is 10.7. The van der Waals surface area contributed by atoms with E-state index in [0.29, 0.717) is 37.3 Å². The highest BCUT2D eigenvalue weighted by atomic mass is 28.4. The number of amides is 3. The number of azide groups is 1. The number of nitrogens with one attached hydrogen (secondary N) is 4. The molecule has 0 aliphatic carbocycles. The summed E-state index contributed by atoms with van der Waals surface area (Å²) >= 11 is 0. The molecule has 0 bridgehead atoms. The van der Waals surface area contributed by atoms with Crippen molar-refractivity contribution in [3.05, 3.63) is 40.3 Å². The third-order valence-electron chi connectivity index (χ3n) is 8.89. The number of carboxylic acid groups (broad SMARTS) is 2. The Balaban J connectivity index is 2.58. The average molecular weight is 750 g/mol. The summed E-state index contributed by atoms with van der Waals surface area (Å²) in [5, 5.41) is 31.6. The van der Waals surface area contributed by atoms with Crippen LogP contribution in [0, 0.1) is 0 Å². The molecule has 0 unspecified atom stereocenters. The van der Waals surface area contributed by atoms with E-state index in [0.717, 1.165) is 0 Å². The van der Waals surface area contributed by atoms with Gasteiger partial charge in [-0.05, 0) is 72.1 Å². The molecule has 0 radical (unpaired) electrons. The van der Waals surface area contributed by atoms with Gasteiger partial charge in [0.25, 0.3) is 14.3 Å². The second kappa shape index (κ2) is 21.2. The van der Waals surface area contributed by atoms with E-state index in [1.165, 1.54) is 12.1 Å². The van der Waals surface area contributed by atoms with Crippen molar-refractivity contribution < 1.29 is 43.1 Å². The van der Waals surface area contributed by atoms with Crippen LogP contribution in [0.5, 0.6) is 0 Å². The number of unbranched alkanes of at least 4 members (excludes halogenated alkanes) is 2. The lowest BCUT2D eigenvalue weighted by molar-refractivity contribution is -0.142. The van der Waals surface area contributed by atoms with Crippen molar-refractivity contribution in [3.63, 3.8) is 0 Å². The number of nitrogens with zero attached hydrogens (tertiary/aromatic N) is 3. The van der Waals surface area contributed by atoms with Crippen molar-refractivity contribution in [2.75, 3.05) is 20.1 Å². The maximum Gasteiger partial charge on any atom is 0.326 e. The van der Waals surface area contributed by atoms with Gasteiger partial charge in [0.2, 0.25) is 11.8 Å². The van der Waals surface area contributed by atoms with Crippen molar-refractivity contribution in [2.24, 2.45) is 5.11 Å². The van der Waals surface area contributed by atoms with Gasteiger partial charge in [-0.1, -0.05) is 65.2 Å². The van der Waals surface area contributed by atoms with E-state index in [1.54, 1.807) is 19.2 Å². The third kappa shape index (κ3) is 14.3. The van der Waals surface area contributed by atoms with Crippen LogP contribution in [0.15, 0.2) is 29.4 Å². The van der Waals surface area contributed by atoms with Crippen molar-refractivity contribution in [1.29, 1.82) is 0 Å². The summed E-state index contributed by atoms with van der Waals surface area (Å²) < 4.78 is 16.6. The second-order valence-electron chi connectivity index (χ2n) is 14.9.